The molecule has 1 aliphatic carbocycles. The normalized spacial score (nSPS) is 20.6. The lowest BCUT2D eigenvalue weighted by molar-refractivity contribution is 0.400. The van der Waals surface area contributed by atoms with Crippen molar-refractivity contribution in [2.75, 3.05) is 0 Å². The molecule has 0 N–H and O–H groups in total. The highest BCUT2D eigenvalue weighted by atomic mass is 32.2. The molecular formula is C11H14N2S. The third-order valence-electron chi connectivity index (χ3n) is 2.97. The Hall–Kier alpha value is -0.540. The van der Waals surface area contributed by atoms with Gasteiger partial charge in [-0.05, 0) is 36.9 Å². The largest absolute Gasteiger partial charge is 0.260 e. The standard InChI is InChI=1S/C11H14N2S/c12-14-11(7-3-1-4-8-11)10-6-2-5-9-13-10/h2,5-6,9H,1,3-4,7-8H2. The third kappa shape index (κ3) is 1.79. The van der Waals surface area contributed by atoms with E-state index in [2.05, 4.69) is 4.98 Å². The Bertz CT molecular complexity index is 281. The molecule has 0 unspecified atom stereocenters. The van der Waals surface area contributed by atoms with E-state index in [0.717, 1.165) is 30.5 Å². The van der Waals surface area contributed by atoms with E-state index in [1.165, 1.54) is 19.3 Å². The molecule has 1 fully saturated rings. The zero-order valence-corrected chi connectivity index (χ0v) is 8.96. The number of hydrogen-bond donors (Lipinski definition) is 0. The van der Waals surface area contributed by atoms with Crippen molar-refractivity contribution in [3.05, 3.63) is 30.1 Å². The first kappa shape index (κ1) is 9.99. The summed E-state index contributed by atoms with van der Waals surface area (Å²) in [6, 6.07) is 5.94. The lowest BCUT2D eigenvalue weighted by Gasteiger charge is -2.33. The predicted octanol–water partition coefficient (Wildman–Crippen LogP) is 2.96. The minimum atomic E-state index is -0.125. The molecule has 0 saturated heterocycles. The fourth-order valence-electron chi connectivity index (χ4n) is 2.15. The molecule has 1 aliphatic rings. The van der Waals surface area contributed by atoms with Gasteiger partial charge in [0, 0.05) is 6.20 Å². The highest BCUT2D eigenvalue weighted by Crippen LogP contribution is 2.45. The molecular weight excluding hydrogens is 192 g/mol. The predicted molar refractivity (Wildman–Crippen MR) is 58.7 cm³/mol. The van der Waals surface area contributed by atoms with Crippen LogP contribution in [0, 0.1) is 0 Å². The SMILES string of the molecule is [N]SC1(c2ccccn2)CCCCC1. The van der Waals surface area contributed by atoms with Crippen LogP contribution in [0.25, 0.3) is 0 Å². The molecule has 1 heterocycles. The second kappa shape index (κ2) is 4.32. The van der Waals surface area contributed by atoms with Gasteiger partial charge in [-0.15, -0.1) is 0 Å². The molecule has 0 bridgehead atoms. The monoisotopic (exact) mass is 206 g/mol. The summed E-state index contributed by atoms with van der Waals surface area (Å²) in [7, 11) is 0. The first-order valence-corrected chi connectivity index (χ1v) is 5.89. The van der Waals surface area contributed by atoms with Gasteiger partial charge in [-0.2, -0.15) is 0 Å². The van der Waals surface area contributed by atoms with Gasteiger partial charge in [-0.25, -0.2) is 0 Å². The lowest BCUT2D eigenvalue weighted by Crippen LogP contribution is -2.26. The van der Waals surface area contributed by atoms with Crippen LogP contribution in [0.2, 0.25) is 0 Å². The zero-order chi connectivity index (χ0) is 9.86. The molecule has 2 radical (unpaired) electrons. The van der Waals surface area contributed by atoms with E-state index >= 15 is 0 Å². The van der Waals surface area contributed by atoms with Gasteiger partial charge < -0.3 is 0 Å². The van der Waals surface area contributed by atoms with Gasteiger partial charge >= 0.3 is 0 Å². The molecule has 0 amide bonds. The summed E-state index contributed by atoms with van der Waals surface area (Å²) in [5.41, 5.74) is 1.03. The smallest absolute Gasteiger partial charge is 0.0755 e. The lowest BCUT2D eigenvalue weighted by atomic mass is 9.85. The zero-order valence-electron chi connectivity index (χ0n) is 8.15. The fraction of sp³-hybridized carbons (Fsp3) is 0.545. The highest BCUT2D eigenvalue weighted by Gasteiger charge is 2.35. The third-order valence-corrected chi connectivity index (χ3v) is 3.93. The van der Waals surface area contributed by atoms with Gasteiger partial charge in [-0.1, -0.05) is 30.5 Å². The maximum atomic E-state index is 9.47. The van der Waals surface area contributed by atoms with E-state index in [1.54, 1.807) is 0 Å². The molecule has 0 atom stereocenters. The van der Waals surface area contributed by atoms with Crippen LogP contribution in [0.4, 0.5) is 0 Å². The summed E-state index contributed by atoms with van der Waals surface area (Å²) >= 11 is 0.984. The van der Waals surface area contributed by atoms with Gasteiger partial charge in [0.05, 0.1) is 10.4 Å². The number of pyridine rings is 1. The van der Waals surface area contributed by atoms with Crippen LogP contribution in [-0.4, -0.2) is 4.98 Å². The molecule has 2 nitrogen and oxygen atoms in total. The van der Waals surface area contributed by atoms with Gasteiger partial charge in [0.1, 0.15) is 0 Å². The van der Waals surface area contributed by atoms with Gasteiger partial charge in [0.15, 0.2) is 0 Å². The van der Waals surface area contributed by atoms with Crippen molar-refractivity contribution in [1.82, 2.24) is 10.1 Å². The minimum absolute atomic E-state index is 0.125. The number of hydrogen-bond acceptors (Lipinski definition) is 2. The topological polar surface area (TPSA) is 35.2 Å². The van der Waals surface area contributed by atoms with Crippen LogP contribution in [0.1, 0.15) is 37.8 Å². The van der Waals surface area contributed by atoms with Crippen molar-refractivity contribution in [2.24, 2.45) is 0 Å². The Kier molecular flexibility index (Phi) is 3.08. The van der Waals surface area contributed by atoms with Crippen molar-refractivity contribution in [3.63, 3.8) is 0 Å². The quantitative estimate of drug-likeness (QED) is 0.697. The molecule has 0 aromatic carbocycles. The Morgan fingerprint density at radius 2 is 2.00 bits per heavy atom. The Labute approximate surface area is 89.4 Å². The summed E-state index contributed by atoms with van der Waals surface area (Å²) in [5, 5.41) is 9.47. The van der Waals surface area contributed by atoms with E-state index in [9.17, 15) is 5.14 Å². The van der Waals surface area contributed by atoms with Crippen molar-refractivity contribution in [1.29, 1.82) is 0 Å². The van der Waals surface area contributed by atoms with E-state index in [0.29, 0.717) is 0 Å². The Morgan fingerprint density at radius 3 is 2.57 bits per heavy atom. The number of nitrogens with zero attached hydrogens (tertiary/aromatic N) is 2. The van der Waals surface area contributed by atoms with Crippen molar-refractivity contribution < 1.29 is 0 Å². The maximum absolute atomic E-state index is 9.47. The van der Waals surface area contributed by atoms with E-state index in [-0.39, 0.29) is 4.75 Å². The first-order valence-electron chi connectivity index (χ1n) is 5.11. The van der Waals surface area contributed by atoms with Gasteiger partial charge in [0.25, 0.3) is 0 Å². The molecule has 2 rings (SSSR count). The van der Waals surface area contributed by atoms with Crippen LogP contribution >= 0.6 is 11.9 Å². The minimum Gasteiger partial charge on any atom is -0.260 e. The number of aromatic nitrogens is 1. The van der Waals surface area contributed by atoms with Gasteiger partial charge in [0.2, 0.25) is 0 Å². The fourth-order valence-corrected chi connectivity index (χ4v) is 2.83. The average molecular weight is 206 g/mol. The molecule has 74 valence electrons. The summed E-state index contributed by atoms with van der Waals surface area (Å²) in [6.07, 6.45) is 7.59. The summed E-state index contributed by atoms with van der Waals surface area (Å²) in [6.45, 7) is 0. The molecule has 0 spiro atoms. The molecule has 1 aromatic heterocycles. The van der Waals surface area contributed by atoms with Crippen LogP contribution < -0.4 is 5.14 Å². The van der Waals surface area contributed by atoms with Crippen molar-refractivity contribution in [2.45, 2.75) is 36.9 Å². The van der Waals surface area contributed by atoms with E-state index in [1.807, 2.05) is 24.4 Å². The summed E-state index contributed by atoms with van der Waals surface area (Å²) in [5.74, 6) is 0. The molecule has 1 saturated carbocycles. The maximum Gasteiger partial charge on any atom is 0.0755 e. The number of rotatable bonds is 2. The van der Waals surface area contributed by atoms with Crippen LogP contribution in [-0.2, 0) is 4.75 Å². The molecule has 14 heavy (non-hydrogen) atoms. The van der Waals surface area contributed by atoms with Crippen molar-refractivity contribution >= 4 is 11.9 Å². The van der Waals surface area contributed by atoms with Crippen LogP contribution in [0.3, 0.4) is 0 Å². The molecule has 0 aliphatic heterocycles. The van der Waals surface area contributed by atoms with E-state index < -0.39 is 0 Å². The highest BCUT2D eigenvalue weighted by molar-refractivity contribution is 7.97. The molecule has 3 heteroatoms. The first-order chi connectivity index (χ1) is 6.87. The average Bonchev–Trinajstić information content (AvgIpc) is 2.31. The van der Waals surface area contributed by atoms with E-state index in [4.69, 9.17) is 0 Å². The Balaban J connectivity index is 2.27. The van der Waals surface area contributed by atoms with Crippen molar-refractivity contribution in [3.8, 4) is 0 Å². The van der Waals surface area contributed by atoms with Crippen LogP contribution in [0.5, 0.6) is 0 Å². The summed E-state index contributed by atoms with van der Waals surface area (Å²) < 4.78 is -0.125. The Morgan fingerprint density at radius 1 is 1.21 bits per heavy atom. The second-order valence-corrected chi connectivity index (χ2v) is 4.83. The molecule has 1 aromatic rings. The summed E-state index contributed by atoms with van der Waals surface area (Å²) in [4.78, 5) is 4.36. The van der Waals surface area contributed by atoms with Gasteiger partial charge in [-0.3, -0.25) is 4.98 Å². The second-order valence-electron chi connectivity index (χ2n) is 3.86. The van der Waals surface area contributed by atoms with Crippen LogP contribution in [0.15, 0.2) is 24.4 Å².